The third kappa shape index (κ3) is 3.16. The minimum atomic E-state index is 0.0581. The van der Waals surface area contributed by atoms with Crippen molar-refractivity contribution < 1.29 is 4.79 Å². The van der Waals surface area contributed by atoms with E-state index in [1.807, 2.05) is 24.3 Å². The van der Waals surface area contributed by atoms with Crippen molar-refractivity contribution in [1.82, 2.24) is 15.2 Å². The number of hydrogen-bond acceptors (Lipinski definition) is 5. The third-order valence-electron chi connectivity index (χ3n) is 3.64. The number of amides is 1. The lowest BCUT2D eigenvalue weighted by atomic mass is 10.2. The van der Waals surface area contributed by atoms with E-state index in [1.54, 1.807) is 0 Å². The first-order valence-corrected chi connectivity index (χ1v) is 8.52. The molecule has 0 saturated heterocycles. The second-order valence-corrected chi connectivity index (χ2v) is 6.95. The molecule has 3 N–H and O–H groups in total. The number of fused-ring (bicyclic) bond motifs is 1. The number of aromatic amines is 1. The van der Waals surface area contributed by atoms with E-state index in [0.717, 1.165) is 28.9 Å². The minimum Gasteiger partial charge on any atom is -0.363 e. The molecule has 2 aromatic heterocycles. The average Bonchev–Trinajstić information content (AvgIpc) is 3.21. The van der Waals surface area contributed by atoms with E-state index in [-0.39, 0.29) is 11.8 Å². The van der Waals surface area contributed by atoms with Crippen LogP contribution in [0.3, 0.4) is 0 Å². The van der Waals surface area contributed by atoms with Crippen LogP contribution in [0.15, 0.2) is 24.3 Å². The highest BCUT2D eigenvalue weighted by Gasteiger charge is 2.30. The number of anilines is 2. The molecule has 23 heavy (non-hydrogen) atoms. The van der Waals surface area contributed by atoms with Gasteiger partial charge in [0.1, 0.15) is 4.70 Å². The molecule has 0 atom stereocenters. The topological polar surface area (TPSA) is 82.7 Å². The molecule has 3 aromatic rings. The Morgan fingerprint density at radius 3 is 3.09 bits per heavy atom. The Morgan fingerprint density at radius 1 is 1.43 bits per heavy atom. The SMILES string of the molecule is O=C(Nc1nc2[nH]nc(NCc3cccc(Cl)c3)c2s1)C1CC1. The van der Waals surface area contributed by atoms with Crippen LogP contribution in [0.25, 0.3) is 10.3 Å². The molecule has 1 amide bonds. The van der Waals surface area contributed by atoms with Crippen LogP contribution in [-0.4, -0.2) is 21.1 Å². The van der Waals surface area contributed by atoms with Crippen LogP contribution in [0.5, 0.6) is 0 Å². The molecule has 1 aromatic carbocycles. The molecule has 4 rings (SSSR count). The molecular formula is C15H14ClN5OS. The van der Waals surface area contributed by atoms with Crippen molar-refractivity contribution in [3.63, 3.8) is 0 Å². The molecule has 118 valence electrons. The number of aromatic nitrogens is 3. The molecule has 1 aliphatic rings. The number of H-pyrrole nitrogens is 1. The molecule has 0 bridgehead atoms. The largest absolute Gasteiger partial charge is 0.363 e. The highest BCUT2D eigenvalue weighted by molar-refractivity contribution is 7.22. The molecule has 2 heterocycles. The van der Waals surface area contributed by atoms with Gasteiger partial charge in [-0.25, -0.2) is 4.98 Å². The minimum absolute atomic E-state index is 0.0581. The van der Waals surface area contributed by atoms with Gasteiger partial charge in [0, 0.05) is 17.5 Å². The van der Waals surface area contributed by atoms with Crippen molar-refractivity contribution in [3.05, 3.63) is 34.9 Å². The number of carbonyl (C=O) groups excluding carboxylic acids is 1. The zero-order valence-corrected chi connectivity index (χ0v) is 13.7. The monoisotopic (exact) mass is 347 g/mol. The van der Waals surface area contributed by atoms with Gasteiger partial charge in [0.15, 0.2) is 16.6 Å². The van der Waals surface area contributed by atoms with Crippen LogP contribution in [0, 0.1) is 5.92 Å². The maximum atomic E-state index is 11.8. The number of nitrogens with one attached hydrogen (secondary N) is 3. The fourth-order valence-electron chi connectivity index (χ4n) is 2.28. The molecule has 1 saturated carbocycles. The van der Waals surface area contributed by atoms with Gasteiger partial charge >= 0.3 is 0 Å². The Morgan fingerprint density at radius 2 is 2.30 bits per heavy atom. The summed E-state index contributed by atoms with van der Waals surface area (Å²) < 4.78 is 0.901. The van der Waals surface area contributed by atoms with Crippen LogP contribution in [0.2, 0.25) is 5.02 Å². The van der Waals surface area contributed by atoms with E-state index < -0.39 is 0 Å². The fourth-order valence-corrected chi connectivity index (χ4v) is 3.37. The van der Waals surface area contributed by atoms with Gasteiger partial charge in [0.05, 0.1) is 0 Å². The summed E-state index contributed by atoms with van der Waals surface area (Å²) in [7, 11) is 0. The summed E-state index contributed by atoms with van der Waals surface area (Å²) in [6, 6.07) is 7.66. The van der Waals surface area contributed by atoms with E-state index >= 15 is 0 Å². The van der Waals surface area contributed by atoms with Gasteiger partial charge in [-0.05, 0) is 30.5 Å². The van der Waals surface area contributed by atoms with Gasteiger partial charge in [-0.3, -0.25) is 9.89 Å². The first-order chi connectivity index (χ1) is 11.2. The Balaban J connectivity index is 1.48. The lowest BCUT2D eigenvalue weighted by molar-refractivity contribution is -0.117. The Kier molecular flexibility index (Phi) is 3.66. The predicted molar refractivity (Wildman–Crippen MR) is 91.9 cm³/mol. The number of benzene rings is 1. The molecule has 0 spiro atoms. The summed E-state index contributed by atoms with van der Waals surface area (Å²) in [5.74, 6) is 0.947. The van der Waals surface area contributed by atoms with Crippen molar-refractivity contribution in [2.24, 2.45) is 5.92 Å². The van der Waals surface area contributed by atoms with Crippen molar-refractivity contribution in [3.8, 4) is 0 Å². The molecule has 1 fully saturated rings. The van der Waals surface area contributed by atoms with Gasteiger partial charge in [0.2, 0.25) is 5.91 Å². The van der Waals surface area contributed by atoms with Gasteiger partial charge in [-0.2, -0.15) is 5.10 Å². The van der Waals surface area contributed by atoms with Crippen LogP contribution in [-0.2, 0) is 11.3 Å². The van der Waals surface area contributed by atoms with E-state index in [2.05, 4.69) is 25.8 Å². The van der Waals surface area contributed by atoms with Gasteiger partial charge in [-0.15, -0.1) is 0 Å². The molecule has 0 radical (unpaired) electrons. The number of thiazole rings is 1. The number of hydrogen-bond donors (Lipinski definition) is 3. The van der Waals surface area contributed by atoms with Crippen molar-refractivity contribution in [2.75, 3.05) is 10.6 Å². The number of nitrogens with zero attached hydrogens (tertiary/aromatic N) is 2. The van der Waals surface area contributed by atoms with Gasteiger partial charge in [0.25, 0.3) is 0 Å². The zero-order chi connectivity index (χ0) is 15.8. The van der Waals surface area contributed by atoms with Crippen LogP contribution < -0.4 is 10.6 Å². The Bertz CT molecular complexity index is 870. The standard InChI is InChI=1S/C15H14ClN5OS/c16-10-3-1-2-8(6-10)7-17-12-11-13(21-20-12)18-15(23-11)19-14(22)9-4-5-9/h1-3,6,9H,4-5,7H2,(H3,17,18,19,20,21,22). The second-order valence-electron chi connectivity index (χ2n) is 5.52. The van der Waals surface area contributed by atoms with E-state index in [9.17, 15) is 4.79 Å². The summed E-state index contributed by atoms with van der Waals surface area (Å²) in [6.45, 7) is 0.613. The Labute approximate surface area is 141 Å². The van der Waals surface area contributed by atoms with Gasteiger partial charge in [-0.1, -0.05) is 35.1 Å². The van der Waals surface area contributed by atoms with Crippen molar-refractivity contribution in [2.45, 2.75) is 19.4 Å². The van der Waals surface area contributed by atoms with E-state index in [1.165, 1.54) is 11.3 Å². The molecular weight excluding hydrogens is 334 g/mol. The quantitative estimate of drug-likeness (QED) is 0.658. The average molecular weight is 348 g/mol. The molecule has 6 nitrogen and oxygen atoms in total. The lowest BCUT2D eigenvalue weighted by Gasteiger charge is -2.03. The highest BCUT2D eigenvalue weighted by Crippen LogP contribution is 2.33. The zero-order valence-electron chi connectivity index (χ0n) is 12.1. The first kappa shape index (κ1) is 14.5. The van der Waals surface area contributed by atoms with Crippen LogP contribution in [0.4, 0.5) is 10.9 Å². The summed E-state index contributed by atoms with van der Waals surface area (Å²) in [4.78, 5) is 16.2. The first-order valence-electron chi connectivity index (χ1n) is 7.33. The number of rotatable bonds is 5. The third-order valence-corrected chi connectivity index (χ3v) is 4.86. The van der Waals surface area contributed by atoms with Crippen molar-refractivity contribution >= 4 is 50.1 Å². The number of carbonyl (C=O) groups is 1. The molecule has 0 aliphatic heterocycles. The van der Waals surface area contributed by atoms with Crippen molar-refractivity contribution in [1.29, 1.82) is 0 Å². The summed E-state index contributed by atoms with van der Waals surface area (Å²) in [6.07, 6.45) is 1.95. The summed E-state index contributed by atoms with van der Waals surface area (Å²) in [5, 5.41) is 14.6. The smallest absolute Gasteiger partial charge is 0.229 e. The van der Waals surface area contributed by atoms with E-state index in [0.29, 0.717) is 22.3 Å². The fraction of sp³-hybridized carbons (Fsp3) is 0.267. The molecule has 1 aliphatic carbocycles. The summed E-state index contributed by atoms with van der Waals surface area (Å²) in [5.41, 5.74) is 1.75. The normalized spacial score (nSPS) is 14.1. The lowest BCUT2D eigenvalue weighted by Crippen LogP contribution is -2.12. The maximum Gasteiger partial charge on any atom is 0.229 e. The predicted octanol–water partition coefficient (Wildman–Crippen LogP) is 3.63. The summed E-state index contributed by atoms with van der Waals surface area (Å²) >= 11 is 7.40. The van der Waals surface area contributed by atoms with E-state index in [4.69, 9.17) is 11.6 Å². The highest BCUT2D eigenvalue weighted by atomic mass is 35.5. The Hall–Kier alpha value is -2.12. The molecule has 0 unspecified atom stereocenters. The molecule has 8 heteroatoms. The van der Waals surface area contributed by atoms with Crippen LogP contribution >= 0.6 is 22.9 Å². The van der Waals surface area contributed by atoms with Crippen LogP contribution in [0.1, 0.15) is 18.4 Å². The number of halogens is 1. The van der Waals surface area contributed by atoms with Gasteiger partial charge < -0.3 is 10.6 Å². The maximum absolute atomic E-state index is 11.8. The second kappa shape index (κ2) is 5.82.